The molecule has 1 aromatic heterocycles. The third kappa shape index (κ3) is 3.32. The van der Waals surface area contributed by atoms with E-state index in [0.29, 0.717) is 23.3 Å². The molecule has 6 nitrogen and oxygen atoms in total. The van der Waals surface area contributed by atoms with E-state index in [4.69, 9.17) is 5.73 Å². The molecule has 72 valence electrons. The molecule has 0 aliphatic heterocycles. The largest absolute Gasteiger partial charge is 0.368 e. The molecule has 0 radical (unpaired) electrons. The van der Waals surface area contributed by atoms with Gasteiger partial charge in [0.05, 0.1) is 0 Å². The summed E-state index contributed by atoms with van der Waals surface area (Å²) in [4.78, 5) is 14.7. The first kappa shape index (κ1) is 9.85. The minimum Gasteiger partial charge on any atom is -0.368 e. The highest BCUT2D eigenvalue weighted by atomic mass is 32.2. The normalized spacial score (nSPS) is 9.92. The third-order valence-electron chi connectivity index (χ3n) is 1.32. The molecule has 1 aromatic rings. The second kappa shape index (κ2) is 4.70. The molecule has 1 rings (SSSR count). The minimum atomic E-state index is 0.0102. The Morgan fingerprint density at radius 2 is 2.54 bits per heavy atom. The molecule has 0 unspecified atom stereocenters. The summed E-state index contributed by atoms with van der Waals surface area (Å²) in [7, 11) is 1.61. The highest BCUT2D eigenvalue weighted by Gasteiger charge is 2.02. The van der Waals surface area contributed by atoms with Crippen molar-refractivity contribution < 1.29 is 4.79 Å². The Labute approximate surface area is 79.7 Å². The second-order valence-corrected chi connectivity index (χ2v) is 3.34. The van der Waals surface area contributed by atoms with Crippen LogP contribution in [0, 0.1) is 0 Å². The van der Waals surface area contributed by atoms with Gasteiger partial charge in [-0.15, -0.1) is 5.10 Å². The molecule has 1 amide bonds. The Bertz CT molecular complexity index is 286. The fourth-order valence-corrected chi connectivity index (χ4v) is 1.43. The topological polar surface area (TPSA) is 96.7 Å². The average molecular weight is 201 g/mol. The molecule has 0 saturated carbocycles. The first-order valence-electron chi connectivity index (χ1n) is 3.73. The molecule has 1 heterocycles. The van der Waals surface area contributed by atoms with E-state index < -0.39 is 0 Å². The molecular weight excluding hydrogens is 190 g/mol. The van der Waals surface area contributed by atoms with Crippen molar-refractivity contribution >= 4 is 23.6 Å². The van der Waals surface area contributed by atoms with Gasteiger partial charge in [-0.2, -0.15) is 4.98 Å². The van der Waals surface area contributed by atoms with Crippen LogP contribution >= 0.6 is 11.8 Å². The van der Waals surface area contributed by atoms with Crippen LogP contribution in [0.15, 0.2) is 5.16 Å². The third-order valence-corrected chi connectivity index (χ3v) is 2.17. The van der Waals surface area contributed by atoms with Crippen LogP contribution in [0.4, 0.5) is 5.95 Å². The van der Waals surface area contributed by atoms with Gasteiger partial charge in [0.15, 0.2) is 0 Å². The van der Waals surface area contributed by atoms with Crippen molar-refractivity contribution in [2.24, 2.45) is 0 Å². The predicted octanol–water partition coefficient (Wildman–Crippen LogP) is -0.385. The average Bonchev–Trinajstić information content (AvgIpc) is 2.51. The van der Waals surface area contributed by atoms with Crippen LogP contribution in [0.3, 0.4) is 0 Å². The van der Waals surface area contributed by atoms with Gasteiger partial charge in [0, 0.05) is 19.2 Å². The molecule has 4 N–H and O–H groups in total. The molecule has 13 heavy (non-hydrogen) atoms. The lowest BCUT2D eigenvalue weighted by molar-refractivity contribution is -0.120. The lowest BCUT2D eigenvalue weighted by atomic mass is 10.5. The molecule has 0 aliphatic carbocycles. The second-order valence-electron chi connectivity index (χ2n) is 2.27. The number of nitrogens with two attached hydrogens (primary N) is 1. The summed E-state index contributed by atoms with van der Waals surface area (Å²) in [5.74, 6) is 0.954. The number of nitrogen functional groups attached to an aromatic ring is 1. The van der Waals surface area contributed by atoms with Crippen molar-refractivity contribution in [1.82, 2.24) is 20.5 Å². The summed E-state index contributed by atoms with van der Waals surface area (Å²) in [6, 6.07) is 0. The summed E-state index contributed by atoms with van der Waals surface area (Å²) >= 11 is 1.39. The Hall–Kier alpha value is -1.24. The maximum Gasteiger partial charge on any atom is 0.220 e. The number of rotatable bonds is 4. The zero-order valence-corrected chi connectivity index (χ0v) is 8.02. The van der Waals surface area contributed by atoms with E-state index >= 15 is 0 Å². The van der Waals surface area contributed by atoms with Gasteiger partial charge < -0.3 is 11.1 Å². The van der Waals surface area contributed by atoms with Crippen molar-refractivity contribution in [3.63, 3.8) is 0 Å². The van der Waals surface area contributed by atoms with Crippen molar-refractivity contribution in [3.05, 3.63) is 0 Å². The van der Waals surface area contributed by atoms with Crippen LogP contribution in [0.1, 0.15) is 6.42 Å². The highest BCUT2D eigenvalue weighted by molar-refractivity contribution is 7.99. The number of hydrogen-bond donors (Lipinski definition) is 3. The van der Waals surface area contributed by atoms with Crippen LogP contribution in [-0.2, 0) is 4.79 Å². The van der Waals surface area contributed by atoms with E-state index in [0.717, 1.165) is 0 Å². The van der Waals surface area contributed by atoms with Crippen LogP contribution in [-0.4, -0.2) is 33.9 Å². The number of carbonyl (C=O) groups excluding carboxylic acids is 1. The maximum atomic E-state index is 10.8. The van der Waals surface area contributed by atoms with Crippen molar-refractivity contribution in [1.29, 1.82) is 0 Å². The molecule has 0 atom stereocenters. The molecule has 0 bridgehead atoms. The quantitative estimate of drug-likeness (QED) is 0.577. The molecule has 0 saturated heterocycles. The number of aromatic amines is 1. The molecule has 0 spiro atoms. The first-order valence-corrected chi connectivity index (χ1v) is 4.72. The van der Waals surface area contributed by atoms with E-state index in [1.165, 1.54) is 11.8 Å². The number of aromatic nitrogens is 3. The molecule has 7 heteroatoms. The van der Waals surface area contributed by atoms with Gasteiger partial charge in [0.2, 0.25) is 17.0 Å². The van der Waals surface area contributed by atoms with E-state index in [1.807, 2.05) is 0 Å². The predicted molar refractivity (Wildman–Crippen MR) is 50.2 cm³/mol. The Morgan fingerprint density at radius 3 is 3.08 bits per heavy atom. The molecular formula is C6H11N5OS. The number of anilines is 1. The van der Waals surface area contributed by atoms with Gasteiger partial charge in [-0.3, -0.25) is 4.79 Å². The minimum absolute atomic E-state index is 0.0102. The maximum absolute atomic E-state index is 10.8. The van der Waals surface area contributed by atoms with Gasteiger partial charge in [-0.1, -0.05) is 11.8 Å². The van der Waals surface area contributed by atoms with Crippen LogP contribution in [0.5, 0.6) is 0 Å². The van der Waals surface area contributed by atoms with Gasteiger partial charge >= 0.3 is 0 Å². The summed E-state index contributed by atoms with van der Waals surface area (Å²) < 4.78 is 0. The SMILES string of the molecule is CNC(=O)CCSc1n[nH]c(N)n1. The van der Waals surface area contributed by atoms with Gasteiger partial charge in [-0.25, -0.2) is 5.10 Å². The smallest absolute Gasteiger partial charge is 0.220 e. The fraction of sp³-hybridized carbons (Fsp3) is 0.500. The number of hydrogen-bond acceptors (Lipinski definition) is 5. The number of nitrogens with one attached hydrogen (secondary N) is 2. The first-order chi connectivity index (χ1) is 6.22. The van der Waals surface area contributed by atoms with Gasteiger partial charge in [0.1, 0.15) is 0 Å². The van der Waals surface area contributed by atoms with Crippen LogP contribution in [0.2, 0.25) is 0 Å². The summed E-state index contributed by atoms with van der Waals surface area (Å²) in [6.07, 6.45) is 0.454. The molecule has 0 fully saturated rings. The van der Waals surface area contributed by atoms with E-state index in [2.05, 4.69) is 20.5 Å². The van der Waals surface area contributed by atoms with Crippen molar-refractivity contribution in [2.45, 2.75) is 11.6 Å². The number of carbonyl (C=O) groups is 1. The lowest BCUT2D eigenvalue weighted by Crippen LogP contribution is -2.17. The van der Waals surface area contributed by atoms with Crippen LogP contribution in [0.25, 0.3) is 0 Å². The number of amides is 1. The Kier molecular flexibility index (Phi) is 3.56. The molecule has 0 aliphatic rings. The number of thioether (sulfide) groups is 1. The zero-order chi connectivity index (χ0) is 9.68. The molecule has 0 aromatic carbocycles. The van der Waals surface area contributed by atoms with E-state index in [9.17, 15) is 4.79 Å². The van der Waals surface area contributed by atoms with E-state index in [-0.39, 0.29) is 5.91 Å². The van der Waals surface area contributed by atoms with Gasteiger partial charge in [-0.05, 0) is 0 Å². The fourth-order valence-electron chi connectivity index (χ4n) is 0.683. The Balaban J connectivity index is 2.24. The lowest BCUT2D eigenvalue weighted by Gasteiger charge is -1.96. The van der Waals surface area contributed by atoms with Crippen LogP contribution < -0.4 is 11.1 Å². The number of H-pyrrole nitrogens is 1. The van der Waals surface area contributed by atoms with Crippen molar-refractivity contribution in [2.75, 3.05) is 18.5 Å². The monoisotopic (exact) mass is 201 g/mol. The zero-order valence-electron chi connectivity index (χ0n) is 7.20. The summed E-state index contributed by atoms with van der Waals surface area (Å²) in [5.41, 5.74) is 5.31. The summed E-state index contributed by atoms with van der Waals surface area (Å²) in [5, 5.41) is 9.43. The van der Waals surface area contributed by atoms with E-state index in [1.54, 1.807) is 7.05 Å². The Morgan fingerprint density at radius 1 is 1.77 bits per heavy atom. The standard InChI is InChI=1S/C6H11N5OS/c1-8-4(12)2-3-13-6-9-5(7)10-11-6/h2-3H2,1H3,(H,8,12)(H3,7,9,10,11). The number of nitrogens with zero attached hydrogens (tertiary/aromatic N) is 2. The highest BCUT2D eigenvalue weighted by Crippen LogP contribution is 2.13. The summed E-state index contributed by atoms with van der Waals surface area (Å²) in [6.45, 7) is 0. The van der Waals surface area contributed by atoms with Gasteiger partial charge in [0.25, 0.3) is 0 Å². The van der Waals surface area contributed by atoms with Crippen molar-refractivity contribution in [3.8, 4) is 0 Å².